The van der Waals surface area contributed by atoms with Gasteiger partial charge in [0, 0.05) is 26.1 Å². The number of furan rings is 1. The van der Waals surface area contributed by atoms with Gasteiger partial charge >= 0.3 is 0 Å². The van der Waals surface area contributed by atoms with Gasteiger partial charge in [-0.05, 0) is 0 Å². The summed E-state index contributed by atoms with van der Waals surface area (Å²) in [5.74, 6) is 0.789. The minimum Gasteiger partial charge on any atom is -0.457 e. The number of hydrogen-bond acceptors (Lipinski definition) is 3. The molecule has 0 aliphatic carbocycles. The molecule has 1 aliphatic rings. The monoisotopic (exact) mass is 179 g/mol. The van der Waals surface area contributed by atoms with E-state index in [1.54, 1.807) is 11.9 Å². The first-order valence-electron chi connectivity index (χ1n) is 4.05. The van der Waals surface area contributed by atoms with Gasteiger partial charge in [0.1, 0.15) is 5.76 Å². The van der Waals surface area contributed by atoms with Crippen molar-refractivity contribution >= 4 is 12.2 Å². The van der Waals surface area contributed by atoms with Crippen molar-refractivity contribution in [3.05, 3.63) is 23.2 Å². The Balaban J connectivity index is 2.47. The van der Waals surface area contributed by atoms with E-state index in [0.29, 0.717) is 30.6 Å². The maximum Gasteiger partial charge on any atom is 0.257 e. The largest absolute Gasteiger partial charge is 0.457 e. The summed E-state index contributed by atoms with van der Waals surface area (Å²) >= 11 is 0. The zero-order valence-electron chi connectivity index (χ0n) is 7.24. The number of carbonyl (C=O) groups is 2. The third-order valence-corrected chi connectivity index (χ3v) is 2.20. The smallest absolute Gasteiger partial charge is 0.257 e. The van der Waals surface area contributed by atoms with Crippen LogP contribution in [-0.4, -0.2) is 30.7 Å². The Labute approximate surface area is 75.1 Å². The van der Waals surface area contributed by atoms with Gasteiger partial charge in [0.25, 0.3) is 5.91 Å². The third kappa shape index (κ3) is 1.14. The van der Waals surface area contributed by atoms with E-state index < -0.39 is 0 Å². The Bertz CT molecular complexity index is 367. The minimum atomic E-state index is -0.0712. The number of aldehydes is 1. The van der Waals surface area contributed by atoms with Crippen LogP contribution in [0.25, 0.3) is 0 Å². The zero-order valence-corrected chi connectivity index (χ0v) is 7.24. The lowest BCUT2D eigenvalue weighted by Crippen LogP contribution is -2.33. The predicted molar refractivity (Wildman–Crippen MR) is 44.8 cm³/mol. The molecular weight excluding hydrogens is 170 g/mol. The Morgan fingerprint density at radius 1 is 1.62 bits per heavy atom. The van der Waals surface area contributed by atoms with E-state index in [2.05, 4.69) is 0 Å². The lowest BCUT2D eigenvalue weighted by molar-refractivity contribution is 0.0774. The van der Waals surface area contributed by atoms with Crippen molar-refractivity contribution in [2.24, 2.45) is 0 Å². The maximum atomic E-state index is 11.5. The summed E-state index contributed by atoms with van der Waals surface area (Å²) in [5.41, 5.74) is 0.524. The predicted octanol–water partition coefficient (Wildman–Crippen LogP) is 0.720. The van der Waals surface area contributed by atoms with Crippen molar-refractivity contribution < 1.29 is 14.0 Å². The molecule has 0 bridgehead atoms. The van der Waals surface area contributed by atoms with Crippen LogP contribution < -0.4 is 0 Å². The average molecular weight is 179 g/mol. The molecule has 0 unspecified atom stereocenters. The summed E-state index contributed by atoms with van der Waals surface area (Å²) in [6, 6.07) is 1.50. The van der Waals surface area contributed by atoms with Gasteiger partial charge in [0.2, 0.25) is 0 Å². The van der Waals surface area contributed by atoms with Crippen molar-refractivity contribution in [1.29, 1.82) is 0 Å². The van der Waals surface area contributed by atoms with Gasteiger partial charge in [-0.1, -0.05) is 0 Å². The van der Waals surface area contributed by atoms with E-state index >= 15 is 0 Å². The standard InChI is InChI=1S/C9H9NO3/c1-10-3-2-8-7(9(10)12)4-6(5-11)13-8/h4-5H,2-3H2,1H3. The molecule has 1 amide bonds. The molecule has 0 saturated carbocycles. The second kappa shape index (κ2) is 2.73. The number of rotatable bonds is 1. The van der Waals surface area contributed by atoms with Crippen LogP contribution in [0.4, 0.5) is 0 Å². The minimum absolute atomic E-state index is 0.0712. The summed E-state index contributed by atoms with van der Waals surface area (Å²) in [4.78, 5) is 23.5. The molecule has 2 heterocycles. The molecule has 1 aliphatic heterocycles. The third-order valence-electron chi connectivity index (χ3n) is 2.20. The molecule has 0 atom stereocenters. The van der Waals surface area contributed by atoms with Crippen LogP contribution >= 0.6 is 0 Å². The van der Waals surface area contributed by atoms with E-state index in [1.807, 2.05) is 0 Å². The van der Waals surface area contributed by atoms with Gasteiger partial charge < -0.3 is 9.32 Å². The van der Waals surface area contributed by atoms with Gasteiger partial charge in [-0.15, -0.1) is 0 Å². The van der Waals surface area contributed by atoms with E-state index in [4.69, 9.17) is 4.42 Å². The number of fused-ring (bicyclic) bond motifs is 1. The van der Waals surface area contributed by atoms with Crippen molar-refractivity contribution in [3.8, 4) is 0 Å². The van der Waals surface area contributed by atoms with Crippen LogP contribution in [0.3, 0.4) is 0 Å². The summed E-state index contributed by atoms with van der Waals surface area (Å²) in [6.07, 6.45) is 1.30. The van der Waals surface area contributed by atoms with Crippen LogP contribution in [-0.2, 0) is 6.42 Å². The molecule has 0 aromatic carbocycles. The first-order valence-corrected chi connectivity index (χ1v) is 4.05. The fourth-order valence-electron chi connectivity index (χ4n) is 1.45. The van der Waals surface area contributed by atoms with Crippen LogP contribution in [0, 0.1) is 0 Å². The van der Waals surface area contributed by atoms with Crippen LogP contribution in [0.5, 0.6) is 0 Å². The van der Waals surface area contributed by atoms with Gasteiger partial charge in [-0.3, -0.25) is 9.59 Å². The quantitative estimate of drug-likeness (QED) is 0.597. The first-order chi connectivity index (χ1) is 6.22. The normalized spacial score (nSPS) is 15.8. The maximum absolute atomic E-state index is 11.5. The number of carbonyl (C=O) groups excluding carboxylic acids is 2. The Morgan fingerprint density at radius 2 is 2.38 bits per heavy atom. The van der Waals surface area contributed by atoms with Crippen LogP contribution in [0.2, 0.25) is 0 Å². The van der Waals surface area contributed by atoms with Gasteiger partial charge in [-0.25, -0.2) is 0 Å². The highest BCUT2D eigenvalue weighted by Crippen LogP contribution is 2.20. The topological polar surface area (TPSA) is 50.5 Å². The summed E-state index contributed by atoms with van der Waals surface area (Å²) in [6.45, 7) is 0.650. The van der Waals surface area contributed by atoms with Crippen molar-refractivity contribution in [1.82, 2.24) is 4.90 Å². The molecule has 68 valence electrons. The first kappa shape index (κ1) is 8.04. The van der Waals surface area contributed by atoms with Crippen molar-refractivity contribution in [3.63, 3.8) is 0 Å². The number of likely N-dealkylation sites (N-methyl/N-ethyl adjacent to an activating group) is 1. The second-order valence-electron chi connectivity index (χ2n) is 3.08. The molecule has 0 N–H and O–H groups in total. The molecule has 0 fully saturated rings. The highest BCUT2D eigenvalue weighted by Gasteiger charge is 2.25. The molecule has 13 heavy (non-hydrogen) atoms. The average Bonchev–Trinajstić information content (AvgIpc) is 2.55. The lowest BCUT2D eigenvalue weighted by Gasteiger charge is -2.20. The van der Waals surface area contributed by atoms with E-state index in [9.17, 15) is 9.59 Å². The highest BCUT2D eigenvalue weighted by atomic mass is 16.3. The van der Waals surface area contributed by atoms with Gasteiger partial charge in [0.15, 0.2) is 12.0 Å². The van der Waals surface area contributed by atoms with Gasteiger partial charge in [0.05, 0.1) is 5.56 Å². The molecule has 0 spiro atoms. The fourth-order valence-corrected chi connectivity index (χ4v) is 1.45. The number of amides is 1. The SMILES string of the molecule is CN1CCc2oc(C=O)cc2C1=O. The molecule has 0 saturated heterocycles. The molecule has 4 heteroatoms. The molecule has 1 aromatic rings. The molecule has 0 radical (unpaired) electrons. The molecule has 2 rings (SSSR count). The number of nitrogens with zero attached hydrogens (tertiary/aromatic N) is 1. The van der Waals surface area contributed by atoms with E-state index in [0.717, 1.165) is 0 Å². The zero-order chi connectivity index (χ0) is 9.42. The summed E-state index contributed by atoms with van der Waals surface area (Å²) in [5, 5.41) is 0. The fraction of sp³-hybridized carbons (Fsp3) is 0.333. The molecule has 4 nitrogen and oxygen atoms in total. The Morgan fingerprint density at radius 3 is 3.08 bits per heavy atom. The van der Waals surface area contributed by atoms with Crippen LogP contribution in [0.15, 0.2) is 10.5 Å². The van der Waals surface area contributed by atoms with Crippen LogP contribution in [0.1, 0.15) is 26.7 Å². The lowest BCUT2D eigenvalue weighted by atomic mass is 10.1. The Kier molecular flexibility index (Phi) is 1.69. The number of hydrogen-bond donors (Lipinski definition) is 0. The summed E-state index contributed by atoms with van der Waals surface area (Å²) in [7, 11) is 1.73. The van der Waals surface area contributed by atoms with E-state index in [-0.39, 0.29) is 11.7 Å². The highest BCUT2D eigenvalue weighted by molar-refractivity contribution is 5.97. The Hall–Kier alpha value is -1.58. The summed E-state index contributed by atoms with van der Waals surface area (Å²) < 4.78 is 5.16. The molecule has 1 aromatic heterocycles. The van der Waals surface area contributed by atoms with Crippen molar-refractivity contribution in [2.45, 2.75) is 6.42 Å². The van der Waals surface area contributed by atoms with Gasteiger partial charge in [-0.2, -0.15) is 0 Å². The second-order valence-corrected chi connectivity index (χ2v) is 3.08. The van der Waals surface area contributed by atoms with E-state index in [1.165, 1.54) is 6.07 Å². The van der Waals surface area contributed by atoms with Crippen molar-refractivity contribution in [2.75, 3.05) is 13.6 Å². The molecular formula is C9H9NO3.